The lowest BCUT2D eigenvalue weighted by Crippen LogP contribution is -2.30. The SMILES string of the molecule is C=CCC1c2ccc(Br)cc2C(=O)N1[C@H](C)c1cccc(OC)c1. The second kappa shape index (κ2) is 6.81. The van der Waals surface area contributed by atoms with Gasteiger partial charge in [-0.1, -0.05) is 40.2 Å². The van der Waals surface area contributed by atoms with Gasteiger partial charge in [-0.2, -0.15) is 0 Å². The largest absolute Gasteiger partial charge is 0.497 e. The third-order valence-electron chi connectivity index (χ3n) is 4.56. The Labute approximate surface area is 151 Å². The van der Waals surface area contributed by atoms with Gasteiger partial charge >= 0.3 is 0 Å². The van der Waals surface area contributed by atoms with Crippen molar-refractivity contribution < 1.29 is 9.53 Å². The van der Waals surface area contributed by atoms with Crippen molar-refractivity contribution >= 4 is 21.8 Å². The molecule has 2 atom stereocenters. The average molecular weight is 386 g/mol. The molecular formula is C20H20BrNO2. The van der Waals surface area contributed by atoms with Crippen LogP contribution in [0.4, 0.5) is 0 Å². The first-order chi connectivity index (χ1) is 11.6. The first-order valence-corrected chi connectivity index (χ1v) is 8.73. The van der Waals surface area contributed by atoms with E-state index in [1.807, 2.05) is 53.4 Å². The molecule has 0 saturated carbocycles. The Kier molecular flexibility index (Phi) is 4.76. The van der Waals surface area contributed by atoms with E-state index in [9.17, 15) is 4.79 Å². The van der Waals surface area contributed by atoms with Gasteiger partial charge in [0.1, 0.15) is 5.75 Å². The number of ether oxygens (including phenoxy) is 1. The molecule has 0 fully saturated rings. The molecule has 0 saturated heterocycles. The molecule has 2 aromatic carbocycles. The van der Waals surface area contributed by atoms with E-state index in [0.29, 0.717) is 0 Å². The number of hydrogen-bond acceptors (Lipinski definition) is 2. The summed E-state index contributed by atoms with van der Waals surface area (Å²) in [6.45, 7) is 5.93. The topological polar surface area (TPSA) is 29.5 Å². The summed E-state index contributed by atoms with van der Waals surface area (Å²) in [6, 6.07) is 13.8. The molecule has 0 N–H and O–H groups in total. The number of carbonyl (C=O) groups excluding carboxylic acids is 1. The minimum Gasteiger partial charge on any atom is -0.497 e. The first kappa shape index (κ1) is 16.8. The molecule has 2 aromatic rings. The second-order valence-electron chi connectivity index (χ2n) is 5.94. The first-order valence-electron chi connectivity index (χ1n) is 7.93. The van der Waals surface area contributed by atoms with Gasteiger partial charge in [-0.05, 0) is 48.7 Å². The third-order valence-corrected chi connectivity index (χ3v) is 5.05. The number of carbonyl (C=O) groups is 1. The number of methoxy groups -OCH3 is 1. The summed E-state index contributed by atoms with van der Waals surface area (Å²) in [5.41, 5.74) is 2.90. The van der Waals surface area contributed by atoms with Gasteiger partial charge in [0.2, 0.25) is 0 Å². The van der Waals surface area contributed by atoms with Crippen LogP contribution < -0.4 is 4.74 Å². The van der Waals surface area contributed by atoms with Crippen molar-refractivity contribution in [2.75, 3.05) is 7.11 Å². The summed E-state index contributed by atoms with van der Waals surface area (Å²) in [6.07, 6.45) is 2.61. The molecule has 24 heavy (non-hydrogen) atoms. The summed E-state index contributed by atoms with van der Waals surface area (Å²) in [5.74, 6) is 0.861. The number of halogens is 1. The maximum absolute atomic E-state index is 13.0. The van der Waals surface area contributed by atoms with Crippen molar-refractivity contribution in [2.45, 2.75) is 25.4 Å². The molecule has 3 rings (SSSR count). The standard InChI is InChI=1S/C20H20BrNO2/c1-4-6-19-17-10-9-15(21)12-18(17)20(23)22(19)13(2)14-7-5-8-16(11-14)24-3/h4-5,7-13,19H,1,6H2,2-3H3/t13-,19?/m1/s1. The molecule has 1 heterocycles. The number of amides is 1. The average Bonchev–Trinajstić information content (AvgIpc) is 2.86. The van der Waals surface area contributed by atoms with Gasteiger partial charge in [-0.25, -0.2) is 0 Å². The van der Waals surface area contributed by atoms with Gasteiger partial charge in [-0.15, -0.1) is 6.58 Å². The summed E-state index contributed by atoms with van der Waals surface area (Å²) in [5, 5.41) is 0. The molecule has 1 aliphatic rings. The summed E-state index contributed by atoms with van der Waals surface area (Å²) < 4.78 is 6.24. The van der Waals surface area contributed by atoms with Crippen molar-refractivity contribution in [2.24, 2.45) is 0 Å². The van der Waals surface area contributed by atoms with E-state index in [1.54, 1.807) is 7.11 Å². The lowest BCUT2D eigenvalue weighted by atomic mass is 10.0. The van der Waals surface area contributed by atoms with E-state index in [4.69, 9.17) is 4.74 Å². The maximum Gasteiger partial charge on any atom is 0.255 e. The van der Waals surface area contributed by atoms with Crippen LogP contribution in [0, 0.1) is 0 Å². The van der Waals surface area contributed by atoms with E-state index in [0.717, 1.165) is 33.3 Å². The van der Waals surface area contributed by atoms with E-state index in [-0.39, 0.29) is 18.0 Å². The zero-order chi connectivity index (χ0) is 17.3. The fourth-order valence-electron chi connectivity index (χ4n) is 3.34. The van der Waals surface area contributed by atoms with Crippen LogP contribution in [0.5, 0.6) is 5.75 Å². The lowest BCUT2D eigenvalue weighted by molar-refractivity contribution is 0.0644. The number of benzene rings is 2. The van der Waals surface area contributed by atoms with Crippen LogP contribution >= 0.6 is 15.9 Å². The van der Waals surface area contributed by atoms with Crippen molar-refractivity contribution in [1.29, 1.82) is 0 Å². The Morgan fingerprint density at radius 3 is 2.83 bits per heavy atom. The number of rotatable bonds is 5. The zero-order valence-corrected chi connectivity index (χ0v) is 15.4. The molecule has 1 unspecified atom stereocenters. The molecule has 0 aliphatic carbocycles. The van der Waals surface area contributed by atoms with Crippen molar-refractivity contribution in [3.8, 4) is 5.75 Å². The normalized spacial score (nSPS) is 17.5. The highest BCUT2D eigenvalue weighted by Crippen LogP contribution is 2.42. The third kappa shape index (κ3) is 2.86. The van der Waals surface area contributed by atoms with Crippen molar-refractivity contribution in [3.63, 3.8) is 0 Å². The fourth-order valence-corrected chi connectivity index (χ4v) is 3.70. The second-order valence-corrected chi connectivity index (χ2v) is 6.85. The maximum atomic E-state index is 13.0. The van der Waals surface area contributed by atoms with Gasteiger partial charge in [0.15, 0.2) is 0 Å². The van der Waals surface area contributed by atoms with Crippen LogP contribution in [0.2, 0.25) is 0 Å². The molecule has 0 radical (unpaired) electrons. The van der Waals surface area contributed by atoms with Crippen LogP contribution in [0.25, 0.3) is 0 Å². The predicted molar refractivity (Wildman–Crippen MR) is 99.3 cm³/mol. The van der Waals surface area contributed by atoms with Gasteiger partial charge in [-0.3, -0.25) is 4.79 Å². The molecule has 0 bridgehead atoms. The highest BCUT2D eigenvalue weighted by molar-refractivity contribution is 9.10. The van der Waals surface area contributed by atoms with Gasteiger partial charge < -0.3 is 9.64 Å². The van der Waals surface area contributed by atoms with E-state index in [1.165, 1.54) is 0 Å². The van der Waals surface area contributed by atoms with E-state index >= 15 is 0 Å². The Hall–Kier alpha value is -2.07. The molecule has 3 nitrogen and oxygen atoms in total. The van der Waals surface area contributed by atoms with Crippen LogP contribution in [0.3, 0.4) is 0 Å². The fraction of sp³-hybridized carbons (Fsp3) is 0.250. The van der Waals surface area contributed by atoms with E-state index in [2.05, 4.69) is 29.4 Å². The summed E-state index contributed by atoms with van der Waals surface area (Å²) >= 11 is 3.46. The van der Waals surface area contributed by atoms with Crippen molar-refractivity contribution in [3.05, 3.63) is 76.3 Å². The van der Waals surface area contributed by atoms with Crippen LogP contribution in [-0.2, 0) is 0 Å². The minimum absolute atomic E-state index is 0.0132. The highest BCUT2D eigenvalue weighted by atomic mass is 79.9. The van der Waals surface area contributed by atoms with Crippen LogP contribution in [0.1, 0.15) is 46.9 Å². The number of hydrogen-bond donors (Lipinski definition) is 0. The van der Waals surface area contributed by atoms with E-state index < -0.39 is 0 Å². The Bertz CT molecular complexity index is 787. The van der Waals surface area contributed by atoms with Gasteiger partial charge in [0.05, 0.1) is 19.2 Å². The highest BCUT2D eigenvalue weighted by Gasteiger charge is 2.39. The lowest BCUT2D eigenvalue weighted by Gasteiger charge is -2.31. The quantitative estimate of drug-likeness (QED) is 0.654. The smallest absolute Gasteiger partial charge is 0.255 e. The zero-order valence-electron chi connectivity index (χ0n) is 13.8. The number of fused-ring (bicyclic) bond motifs is 1. The summed E-state index contributed by atoms with van der Waals surface area (Å²) in [7, 11) is 1.65. The monoisotopic (exact) mass is 385 g/mol. The number of nitrogens with zero attached hydrogens (tertiary/aromatic N) is 1. The summed E-state index contributed by atoms with van der Waals surface area (Å²) in [4.78, 5) is 15.0. The molecule has 1 amide bonds. The predicted octanol–water partition coefficient (Wildman–Crippen LogP) is 5.29. The van der Waals surface area contributed by atoms with Gasteiger partial charge in [0, 0.05) is 10.0 Å². The molecule has 0 aromatic heterocycles. The Morgan fingerprint density at radius 1 is 1.33 bits per heavy atom. The molecular weight excluding hydrogens is 366 g/mol. The molecule has 0 spiro atoms. The van der Waals surface area contributed by atoms with Gasteiger partial charge in [0.25, 0.3) is 5.91 Å². The Morgan fingerprint density at radius 2 is 2.12 bits per heavy atom. The minimum atomic E-state index is -0.0521. The van der Waals surface area contributed by atoms with Crippen LogP contribution in [-0.4, -0.2) is 17.9 Å². The molecule has 124 valence electrons. The van der Waals surface area contributed by atoms with Crippen molar-refractivity contribution in [1.82, 2.24) is 4.90 Å². The van der Waals surface area contributed by atoms with Crippen LogP contribution in [0.15, 0.2) is 59.6 Å². The molecule has 1 aliphatic heterocycles. The Balaban J connectivity index is 2.02. The molecule has 4 heteroatoms.